The molecular formula is C7H9ClN2O2. The minimum atomic E-state index is -0.255. The summed E-state index contributed by atoms with van der Waals surface area (Å²) in [5.74, 6) is -0.316. The molecule has 0 aliphatic carbocycles. The van der Waals surface area contributed by atoms with Gasteiger partial charge in [-0.15, -0.1) is 11.6 Å². The first-order valence-corrected chi connectivity index (χ1v) is 4.10. The highest BCUT2D eigenvalue weighted by molar-refractivity contribution is 6.29. The molecule has 0 atom stereocenters. The number of hydrogen-bond donors (Lipinski definition) is 1. The van der Waals surface area contributed by atoms with Gasteiger partial charge in [-0.25, -0.2) is 0 Å². The van der Waals surface area contributed by atoms with Crippen molar-refractivity contribution in [1.82, 2.24) is 5.16 Å². The number of anilines is 1. The maximum atomic E-state index is 10.8. The molecule has 0 aliphatic heterocycles. The Hall–Kier alpha value is -1.03. The van der Waals surface area contributed by atoms with Crippen LogP contribution in [0, 0.1) is 0 Å². The van der Waals surface area contributed by atoms with Crippen molar-refractivity contribution in [2.75, 3.05) is 11.2 Å². The zero-order chi connectivity index (χ0) is 8.97. The first-order valence-electron chi connectivity index (χ1n) is 3.57. The first kappa shape index (κ1) is 9.06. The molecule has 0 aliphatic rings. The Labute approximate surface area is 74.9 Å². The van der Waals surface area contributed by atoms with E-state index in [4.69, 9.17) is 11.6 Å². The molecule has 1 heterocycles. The minimum absolute atomic E-state index is 0.0612. The lowest BCUT2D eigenvalue weighted by Crippen LogP contribution is -2.13. The van der Waals surface area contributed by atoms with E-state index in [1.165, 1.54) is 6.26 Å². The molecule has 0 aromatic carbocycles. The second-order valence-electron chi connectivity index (χ2n) is 2.21. The predicted octanol–water partition coefficient (Wildman–Crippen LogP) is 1.41. The minimum Gasteiger partial charge on any atom is -0.362 e. The lowest BCUT2D eigenvalue weighted by molar-refractivity contribution is -0.113. The third-order valence-electron chi connectivity index (χ3n) is 1.37. The van der Waals surface area contributed by atoms with Crippen LogP contribution in [0.2, 0.25) is 0 Å². The van der Waals surface area contributed by atoms with Gasteiger partial charge < -0.3 is 9.84 Å². The highest BCUT2D eigenvalue weighted by atomic mass is 35.5. The van der Waals surface area contributed by atoms with Crippen LogP contribution in [0.15, 0.2) is 10.8 Å². The summed E-state index contributed by atoms with van der Waals surface area (Å²) in [5.41, 5.74) is 1.33. The van der Waals surface area contributed by atoms with Gasteiger partial charge >= 0.3 is 0 Å². The number of carbonyl (C=O) groups is 1. The fraction of sp³-hybridized carbons (Fsp3) is 0.429. The molecule has 4 nitrogen and oxygen atoms in total. The van der Waals surface area contributed by atoms with Crippen molar-refractivity contribution in [3.63, 3.8) is 0 Å². The molecule has 1 amide bonds. The molecule has 0 fully saturated rings. The SMILES string of the molecule is CCc1nocc1NC(=O)CCl. The Bertz CT molecular complexity index is 272. The zero-order valence-corrected chi connectivity index (χ0v) is 7.39. The summed E-state index contributed by atoms with van der Waals surface area (Å²) in [6, 6.07) is 0. The third-order valence-corrected chi connectivity index (χ3v) is 1.62. The van der Waals surface area contributed by atoms with Gasteiger partial charge in [-0.05, 0) is 6.42 Å². The largest absolute Gasteiger partial charge is 0.362 e. The highest BCUT2D eigenvalue weighted by Crippen LogP contribution is 2.13. The number of rotatable bonds is 3. The zero-order valence-electron chi connectivity index (χ0n) is 6.63. The number of aromatic nitrogens is 1. The summed E-state index contributed by atoms with van der Waals surface area (Å²) in [7, 11) is 0. The maximum absolute atomic E-state index is 10.8. The average molecular weight is 189 g/mol. The summed E-state index contributed by atoms with van der Waals surface area (Å²) in [5, 5.41) is 6.25. The first-order chi connectivity index (χ1) is 5.77. The molecular weight excluding hydrogens is 180 g/mol. The molecule has 0 radical (unpaired) electrons. The molecule has 1 N–H and O–H groups in total. The number of hydrogen-bond acceptors (Lipinski definition) is 3. The molecule has 1 aromatic rings. The Kier molecular flexibility index (Phi) is 3.10. The van der Waals surface area contributed by atoms with Gasteiger partial charge in [-0.2, -0.15) is 0 Å². The number of carbonyl (C=O) groups excluding carboxylic acids is 1. The number of aryl methyl sites for hydroxylation is 1. The summed E-state index contributed by atoms with van der Waals surface area (Å²) < 4.78 is 4.67. The Morgan fingerprint density at radius 1 is 1.83 bits per heavy atom. The molecule has 5 heteroatoms. The molecule has 1 aromatic heterocycles. The lowest BCUT2D eigenvalue weighted by Gasteiger charge is -1.98. The molecule has 0 spiro atoms. The molecule has 66 valence electrons. The van der Waals surface area contributed by atoms with Gasteiger partial charge in [0.25, 0.3) is 0 Å². The fourth-order valence-corrected chi connectivity index (χ4v) is 0.867. The summed E-state index contributed by atoms with van der Waals surface area (Å²) in [6.45, 7) is 1.92. The van der Waals surface area contributed by atoms with Crippen molar-refractivity contribution >= 4 is 23.2 Å². The lowest BCUT2D eigenvalue weighted by atomic mass is 10.3. The van der Waals surface area contributed by atoms with E-state index in [1.807, 2.05) is 6.92 Å². The van der Waals surface area contributed by atoms with Gasteiger partial charge in [0, 0.05) is 0 Å². The second kappa shape index (κ2) is 4.11. The van der Waals surface area contributed by atoms with E-state index in [0.29, 0.717) is 12.1 Å². The molecule has 12 heavy (non-hydrogen) atoms. The molecule has 0 bridgehead atoms. The fourth-order valence-electron chi connectivity index (χ4n) is 0.800. The Balaban J connectivity index is 2.68. The Morgan fingerprint density at radius 2 is 2.58 bits per heavy atom. The van der Waals surface area contributed by atoms with E-state index in [-0.39, 0.29) is 11.8 Å². The standard InChI is InChI=1S/C7H9ClN2O2/c1-2-5-6(4-12-10-5)9-7(11)3-8/h4H,2-3H2,1H3,(H,9,11). The van der Waals surface area contributed by atoms with E-state index in [1.54, 1.807) is 0 Å². The number of nitrogens with zero attached hydrogens (tertiary/aromatic N) is 1. The molecule has 0 saturated carbocycles. The van der Waals surface area contributed by atoms with Crippen molar-refractivity contribution in [1.29, 1.82) is 0 Å². The van der Waals surface area contributed by atoms with Crippen LogP contribution in [-0.2, 0) is 11.2 Å². The summed E-state index contributed by atoms with van der Waals surface area (Å²) in [4.78, 5) is 10.8. The van der Waals surface area contributed by atoms with Crippen LogP contribution < -0.4 is 5.32 Å². The number of halogens is 1. The van der Waals surface area contributed by atoms with E-state index in [2.05, 4.69) is 15.0 Å². The molecule has 0 saturated heterocycles. The normalized spacial score (nSPS) is 9.83. The average Bonchev–Trinajstić information content (AvgIpc) is 2.51. The van der Waals surface area contributed by atoms with E-state index < -0.39 is 0 Å². The van der Waals surface area contributed by atoms with Crippen molar-refractivity contribution in [3.05, 3.63) is 12.0 Å². The number of alkyl halides is 1. The molecule has 0 unspecified atom stereocenters. The summed E-state index contributed by atoms with van der Waals surface area (Å²) >= 11 is 5.30. The third kappa shape index (κ3) is 1.98. The topological polar surface area (TPSA) is 55.1 Å². The van der Waals surface area contributed by atoms with Crippen LogP contribution in [0.4, 0.5) is 5.69 Å². The maximum Gasteiger partial charge on any atom is 0.239 e. The van der Waals surface area contributed by atoms with Crippen molar-refractivity contribution in [2.24, 2.45) is 0 Å². The van der Waals surface area contributed by atoms with Gasteiger partial charge in [-0.1, -0.05) is 12.1 Å². The summed E-state index contributed by atoms with van der Waals surface area (Å²) in [6.07, 6.45) is 2.11. The highest BCUT2D eigenvalue weighted by Gasteiger charge is 2.07. The van der Waals surface area contributed by atoms with Crippen LogP contribution in [-0.4, -0.2) is 16.9 Å². The van der Waals surface area contributed by atoms with Gasteiger partial charge in [0.15, 0.2) is 0 Å². The Morgan fingerprint density at radius 3 is 3.17 bits per heavy atom. The van der Waals surface area contributed by atoms with Gasteiger partial charge in [0.2, 0.25) is 5.91 Å². The second-order valence-corrected chi connectivity index (χ2v) is 2.48. The van der Waals surface area contributed by atoms with Gasteiger partial charge in [-0.3, -0.25) is 4.79 Å². The van der Waals surface area contributed by atoms with Crippen LogP contribution in [0.1, 0.15) is 12.6 Å². The van der Waals surface area contributed by atoms with Gasteiger partial charge in [0.1, 0.15) is 23.5 Å². The quantitative estimate of drug-likeness (QED) is 0.730. The van der Waals surface area contributed by atoms with Crippen LogP contribution in [0.3, 0.4) is 0 Å². The number of amides is 1. The van der Waals surface area contributed by atoms with Crippen molar-refractivity contribution < 1.29 is 9.32 Å². The van der Waals surface area contributed by atoms with Gasteiger partial charge in [0.05, 0.1) is 0 Å². The monoisotopic (exact) mass is 188 g/mol. The van der Waals surface area contributed by atoms with E-state index in [0.717, 1.165) is 5.69 Å². The van der Waals surface area contributed by atoms with Crippen molar-refractivity contribution in [2.45, 2.75) is 13.3 Å². The van der Waals surface area contributed by atoms with Crippen LogP contribution in [0.5, 0.6) is 0 Å². The van der Waals surface area contributed by atoms with Crippen molar-refractivity contribution in [3.8, 4) is 0 Å². The number of nitrogens with one attached hydrogen (secondary N) is 1. The molecule has 1 rings (SSSR count). The predicted molar refractivity (Wildman–Crippen MR) is 45.2 cm³/mol. The smallest absolute Gasteiger partial charge is 0.239 e. The van der Waals surface area contributed by atoms with E-state index >= 15 is 0 Å². The van der Waals surface area contributed by atoms with Crippen LogP contribution >= 0.6 is 11.6 Å². The van der Waals surface area contributed by atoms with E-state index in [9.17, 15) is 4.79 Å². The van der Waals surface area contributed by atoms with Crippen LogP contribution in [0.25, 0.3) is 0 Å².